The molecule has 0 aromatic carbocycles. The molecule has 1 heterocycles. The fraction of sp³-hybridized carbons (Fsp3) is 0.692. The molecule has 0 aromatic heterocycles. The molecule has 0 amide bonds. The number of fused-ring (bicyclic) bond motifs is 5. The van der Waals surface area contributed by atoms with Crippen molar-refractivity contribution in [2.75, 3.05) is 13.2 Å². The lowest BCUT2D eigenvalue weighted by molar-refractivity contribution is -0.142. The van der Waals surface area contributed by atoms with Crippen LogP contribution in [-0.4, -0.2) is 37.4 Å². The molecule has 5 heteroatoms. The maximum atomic E-state index is 12.0. The molecule has 3 aliphatic rings. The molecule has 2 aliphatic carbocycles. The van der Waals surface area contributed by atoms with Crippen LogP contribution in [-0.2, 0) is 23.8 Å². The zero-order chi connectivity index (χ0) is 12.9. The number of hydrogen-bond donors (Lipinski definition) is 0. The third-order valence-electron chi connectivity index (χ3n) is 3.88. The van der Waals surface area contributed by atoms with E-state index in [9.17, 15) is 9.59 Å². The van der Waals surface area contributed by atoms with Gasteiger partial charge in [0, 0.05) is 11.8 Å². The van der Waals surface area contributed by atoms with Gasteiger partial charge in [0.1, 0.15) is 0 Å². The predicted octanol–water partition coefficient (Wildman–Crippen LogP) is 0.826. The molecule has 1 saturated carbocycles. The van der Waals surface area contributed by atoms with Crippen molar-refractivity contribution in [2.45, 2.75) is 32.5 Å². The van der Waals surface area contributed by atoms with Crippen LogP contribution in [0.15, 0.2) is 11.1 Å². The van der Waals surface area contributed by atoms with Crippen molar-refractivity contribution in [3.05, 3.63) is 11.1 Å². The molecule has 4 atom stereocenters. The summed E-state index contributed by atoms with van der Waals surface area (Å²) >= 11 is 0. The third-order valence-corrected chi connectivity index (χ3v) is 3.88. The highest BCUT2D eigenvalue weighted by atomic mass is 16.6. The summed E-state index contributed by atoms with van der Waals surface area (Å²) in [5.74, 6) is -0.721. The molecule has 1 aliphatic heterocycles. The lowest BCUT2D eigenvalue weighted by atomic mass is 9.92. The first-order valence-corrected chi connectivity index (χ1v) is 6.42. The average Bonchev–Trinajstić information content (AvgIpc) is 2.95. The van der Waals surface area contributed by atoms with Crippen LogP contribution in [0.2, 0.25) is 0 Å². The molecular formula is C13H16O5. The first-order chi connectivity index (χ1) is 8.69. The summed E-state index contributed by atoms with van der Waals surface area (Å²) in [6.45, 7) is 4.13. The van der Waals surface area contributed by atoms with Gasteiger partial charge in [-0.1, -0.05) is 0 Å². The second-order valence-corrected chi connectivity index (χ2v) is 4.78. The molecule has 0 radical (unpaired) electrons. The fourth-order valence-electron chi connectivity index (χ4n) is 3.23. The highest BCUT2D eigenvalue weighted by molar-refractivity contribution is 6.03. The van der Waals surface area contributed by atoms with Crippen molar-refractivity contribution in [3.8, 4) is 0 Å². The minimum absolute atomic E-state index is 0.0263. The number of rotatable bonds is 4. The minimum atomic E-state index is -0.387. The first kappa shape index (κ1) is 11.7. The van der Waals surface area contributed by atoms with Gasteiger partial charge in [-0.2, -0.15) is 0 Å². The number of esters is 2. The molecule has 18 heavy (non-hydrogen) atoms. The molecule has 2 fully saturated rings. The SMILES string of the molecule is CCOC(=O)C1=C(C(=O)OCC)[C@@H]2C[C@H]1[C@H]1O[C@H]12. The van der Waals surface area contributed by atoms with E-state index in [-0.39, 0.29) is 36.0 Å². The van der Waals surface area contributed by atoms with E-state index in [4.69, 9.17) is 14.2 Å². The van der Waals surface area contributed by atoms with Gasteiger partial charge in [0.05, 0.1) is 36.6 Å². The summed E-state index contributed by atoms with van der Waals surface area (Å²) in [6, 6.07) is 0. The summed E-state index contributed by atoms with van der Waals surface area (Å²) in [7, 11) is 0. The Morgan fingerprint density at radius 3 is 1.89 bits per heavy atom. The van der Waals surface area contributed by atoms with Gasteiger partial charge in [-0.15, -0.1) is 0 Å². The Bertz CT molecular complexity index is 401. The summed E-state index contributed by atoms with van der Waals surface area (Å²) in [4.78, 5) is 23.9. The van der Waals surface area contributed by atoms with Crippen molar-refractivity contribution < 1.29 is 23.8 Å². The van der Waals surface area contributed by atoms with Crippen LogP contribution in [0.5, 0.6) is 0 Å². The molecule has 2 bridgehead atoms. The van der Waals surface area contributed by atoms with E-state index < -0.39 is 0 Å². The Balaban J connectivity index is 1.93. The molecule has 0 unspecified atom stereocenters. The largest absolute Gasteiger partial charge is 0.463 e. The Labute approximate surface area is 105 Å². The van der Waals surface area contributed by atoms with Crippen LogP contribution in [0, 0.1) is 11.8 Å². The number of ether oxygens (including phenoxy) is 3. The van der Waals surface area contributed by atoms with E-state index in [1.54, 1.807) is 13.8 Å². The molecule has 0 aromatic rings. The smallest absolute Gasteiger partial charge is 0.334 e. The fourth-order valence-corrected chi connectivity index (χ4v) is 3.23. The number of carbonyl (C=O) groups is 2. The highest BCUT2D eigenvalue weighted by Gasteiger charge is 2.65. The van der Waals surface area contributed by atoms with Gasteiger partial charge in [-0.3, -0.25) is 0 Å². The predicted molar refractivity (Wildman–Crippen MR) is 60.6 cm³/mol. The molecule has 0 spiro atoms. The van der Waals surface area contributed by atoms with Crippen LogP contribution < -0.4 is 0 Å². The first-order valence-electron chi connectivity index (χ1n) is 6.42. The Hall–Kier alpha value is -1.36. The Kier molecular flexibility index (Phi) is 2.66. The van der Waals surface area contributed by atoms with Crippen LogP contribution in [0.4, 0.5) is 0 Å². The van der Waals surface area contributed by atoms with Gasteiger partial charge < -0.3 is 14.2 Å². The molecule has 1 saturated heterocycles. The van der Waals surface area contributed by atoms with Gasteiger partial charge in [0.2, 0.25) is 0 Å². The maximum Gasteiger partial charge on any atom is 0.334 e. The van der Waals surface area contributed by atoms with Crippen molar-refractivity contribution in [1.29, 1.82) is 0 Å². The number of hydrogen-bond acceptors (Lipinski definition) is 5. The van der Waals surface area contributed by atoms with E-state index in [0.717, 1.165) is 6.42 Å². The van der Waals surface area contributed by atoms with E-state index in [2.05, 4.69) is 0 Å². The van der Waals surface area contributed by atoms with Crippen LogP contribution in [0.25, 0.3) is 0 Å². The second kappa shape index (κ2) is 4.09. The van der Waals surface area contributed by atoms with Crippen LogP contribution in [0.3, 0.4) is 0 Å². The van der Waals surface area contributed by atoms with Crippen molar-refractivity contribution in [2.24, 2.45) is 11.8 Å². The van der Waals surface area contributed by atoms with Crippen molar-refractivity contribution in [3.63, 3.8) is 0 Å². The number of carbonyl (C=O) groups excluding carboxylic acids is 2. The molecular weight excluding hydrogens is 236 g/mol. The van der Waals surface area contributed by atoms with E-state index in [0.29, 0.717) is 24.4 Å². The molecule has 98 valence electrons. The average molecular weight is 252 g/mol. The molecule has 3 rings (SSSR count). The van der Waals surface area contributed by atoms with Gasteiger partial charge in [-0.25, -0.2) is 9.59 Å². The van der Waals surface area contributed by atoms with E-state index in [1.807, 2.05) is 0 Å². The van der Waals surface area contributed by atoms with Gasteiger partial charge in [-0.05, 0) is 20.3 Å². The minimum Gasteiger partial charge on any atom is -0.463 e. The lowest BCUT2D eigenvalue weighted by Crippen LogP contribution is -2.25. The lowest BCUT2D eigenvalue weighted by Gasteiger charge is -2.14. The van der Waals surface area contributed by atoms with Gasteiger partial charge >= 0.3 is 11.9 Å². The van der Waals surface area contributed by atoms with Gasteiger partial charge in [0.15, 0.2) is 0 Å². The van der Waals surface area contributed by atoms with Crippen LogP contribution >= 0.6 is 0 Å². The second-order valence-electron chi connectivity index (χ2n) is 4.78. The summed E-state index contributed by atoms with van der Waals surface area (Å²) in [5, 5.41) is 0. The standard InChI is InChI=1S/C13H16O5/c1-3-16-12(14)8-6-5-7(11-10(6)18-11)9(8)13(15)17-4-2/h6-7,10-11H,3-5H2,1-2H3/t6-,7+,10-,11+. The molecule has 0 N–H and O–H groups in total. The summed E-state index contributed by atoms with van der Waals surface area (Å²) in [6.07, 6.45) is 1.05. The van der Waals surface area contributed by atoms with Crippen molar-refractivity contribution >= 4 is 11.9 Å². The van der Waals surface area contributed by atoms with E-state index in [1.165, 1.54) is 0 Å². The highest BCUT2D eigenvalue weighted by Crippen LogP contribution is 2.59. The zero-order valence-electron chi connectivity index (χ0n) is 10.5. The zero-order valence-corrected chi connectivity index (χ0v) is 10.5. The Morgan fingerprint density at radius 2 is 1.50 bits per heavy atom. The van der Waals surface area contributed by atoms with Crippen molar-refractivity contribution in [1.82, 2.24) is 0 Å². The topological polar surface area (TPSA) is 65.1 Å². The normalized spacial score (nSPS) is 35.4. The third kappa shape index (κ3) is 1.50. The number of epoxide rings is 1. The summed E-state index contributed by atoms with van der Waals surface area (Å²) in [5.41, 5.74) is 0.998. The quantitative estimate of drug-likeness (QED) is 0.547. The monoisotopic (exact) mass is 252 g/mol. The summed E-state index contributed by atoms with van der Waals surface area (Å²) < 4.78 is 15.6. The Morgan fingerprint density at radius 1 is 1.06 bits per heavy atom. The van der Waals surface area contributed by atoms with E-state index >= 15 is 0 Å². The van der Waals surface area contributed by atoms with Gasteiger partial charge in [0.25, 0.3) is 0 Å². The molecule has 5 nitrogen and oxygen atoms in total. The maximum absolute atomic E-state index is 12.0. The van der Waals surface area contributed by atoms with Crippen LogP contribution in [0.1, 0.15) is 20.3 Å².